The predicted octanol–water partition coefficient (Wildman–Crippen LogP) is 5.86. The number of anilines is 3. The standard InChI is InChI=1S/C20H21BrN4/c1-20(2,3)25-19-23-17(14-8-5-4-6-9-14)13-18(24-19)22-16-11-7-10-15(21)12-16/h4-13H,1-3H3,(H2,22,23,24,25). The Morgan fingerprint density at radius 2 is 1.64 bits per heavy atom. The van der Waals surface area contributed by atoms with E-state index in [0.29, 0.717) is 5.95 Å². The van der Waals surface area contributed by atoms with Gasteiger partial charge in [0.1, 0.15) is 5.82 Å². The van der Waals surface area contributed by atoms with Crippen LogP contribution >= 0.6 is 15.9 Å². The van der Waals surface area contributed by atoms with E-state index in [-0.39, 0.29) is 5.54 Å². The molecule has 5 heteroatoms. The Kier molecular flexibility index (Phi) is 5.04. The van der Waals surface area contributed by atoms with Crippen molar-refractivity contribution in [1.82, 2.24) is 9.97 Å². The first-order valence-electron chi connectivity index (χ1n) is 8.14. The summed E-state index contributed by atoms with van der Waals surface area (Å²) in [5, 5.41) is 6.72. The molecule has 0 aliphatic heterocycles. The summed E-state index contributed by atoms with van der Waals surface area (Å²) in [5.41, 5.74) is 2.77. The fourth-order valence-corrected chi connectivity index (χ4v) is 2.77. The van der Waals surface area contributed by atoms with Gasteiger partial charge >= 0.3 is 0 Å². The molecule has 3 rings (SSSR count). The highest BCUT2D eigenvalue weighted by Gasteiger charge is 2.14. The normalized spacial score (nSPS) is 11.2. The summed E-state index contributed by atoms with van der Waals surface area (Å²) >= 11 is 3.50. The Bertz CT molecular complexity index is 857. The molecule has 1 heterocycles. The van der Waals surface area contributed by atoms with Crippen molar-refractivity contribution in [2.45, 2.75) is 26.3 Å². The van der Waals surface area contributed by atoms with Gasteiger partial charge < -0.3 is 10.6 Å². The highest BCUT2D eigenvalue weighted by molar-refractivity contribution is 9.10. The molecule has 0 bridgehead atoms. The Hall–Kier alpha value is -2.40. The van der Waals surface area contributed by atoms with Crippen LogP contribution in [0.4, 0.5) is 17.5 Å². The highest BCUT2D eigenvalue weighted by Crippen LogP contribution is 2.25. The number of aromatic nitrogens is 2. The van der Waals surface area contributed by atoms with Crippen LogP contribution in [0.3, 0.4) is 0 Å². The van der Waals surface area contributed by atoms with E-state index in [4.69, 9.17) is 0 Å². The Morgan fingerprint density at radius 1 is 0.880 bits per heavy atom. The zero-order valence-electron chi connectivity index (χ0n) is 14.5. The van der Waals surface area contributed by atoms with Crippen LogP contribution in [0.25, 0.3) is 11.3 Å². The number of nitrogens with zero attached hydrogens (tertiary/aromatic N) is 2. The zero-order chi connectivity index (χ0) is 17.9. The summed E-state index contributed by atoms with van der Waals surface area (Å²) in [5.74, 6) is 1.35. The van der Waals surface area contributed by atoms with Gasteiger partial charge in [-0.2, -0.15) is 4.98 Å². The monoisotopic (exact) mass is 396 g/mol. The molecule has 3 aromatic rings. The predicted molar refractivity (Wildman–Crippen MR) is 108 cm³/mol. The van der Waals surface area contributed by atoms with Crippen LogP contribution in [-0.4, -0.2) is 15.5 Å². The first kappa shape index (κ1) is 17.4. The molecule has 128 valence electrons. The summed E-state index contributed by atoms with van der Waals surface area (Å²) in [6.45, 7) is 6.27. The van der Waals surface area contributed by atoms with Gasteiger partial charge in [0.05, 0.1) is 5.69 Å². The number of nitrogens with one attached hydrogen (secondary N) is 2. The first-order valence-corrected chi connectivity index (χ1v) is 8.94. The van der Waals surface area contributed by atoms with E-state index in [1.165, 1.54) is 0 Å². The minimum atomic E-state index is -0.123. The second-order valence-electron chi connectivity index (χ2n) is 6.84. The molecule has 0 saturated carbocycles. The summed E-state index contributed by atoms with van der Waals surface area (Å²) in [6.07, 6.45) is 0. The average Bonchev–Trinajstić information content (AvgIpc) is 2.54. The number of benzene rings is 2. The molecule has 25 heavy (non-hydrogen) atoms. The maximum atomic E-state index is 4.68. The van der Waals surface area contributed by atoms with E-state index < -0.39 is 0 Å². The summed E-state index contributed by atoms with van der Waals surface area (Å²) < 4.78 is 1.02. The molecule has 0 unspecified atom stereocenters. The molecule has 0 aliphatic carbocycles. The van der Waals surface area contributed by atoms with Gasteiger partial charge in [-0.1, -0.05) is 52.3 Å². The second kappa shape index (κ2) is 7.23. The number of hydrogen-bond donors (Lipinski definition) is 2. The molecule has 0 spiro atoms. The van der Waals surface area contributed by atoms with E-state index in [0.717, 1.165) is 27.2 Å². The van der Waals surface area contributed by atoms with Crippen molar-refractivity contribution in [3.8, 4) is 11.3 Å². The van der Waals surface area contributed by atoms with Crippen molar-refractivity contribution >= 4 is 33.4 Å². The van der Waals surface area contributed by atoms with Crippen molar-refractivity contribution < 1.29 is 0 Å². The van der Waals surface area contributed by atoms with Gasteiger partial charge in [-0.05, 0) is 39.0 Å². The van der Waals surface area contributed by atoms with E-state index in [2.05, 4.69) is 57.3 Å². The smallest absolute Gasteiger partial charge is 0.225 e. The molecular weight excluding hydrogens is 376 g/mol. The topological polar surface area (TPSA) is 49.8 Å². The van der Waals surface area contributed by atoms with Gasteiger partial charge in [-0.3, -0.25) is 0 Å². The van der Waals surface area contributed by atoms with Crippen LogP contribution in [-0.2, 0) is 0 Å². The molecule has 0 amide bonds. The van der Waals surface area contributed by atoms with Gasteiger partial charge in [0.15, 0.2) is 0 Å². The van der Waals surface area contributed by atoms with Crippen LogP contribution in [0.2, 0.25) is 0 Å². The van der Waals surface area contributed by atoms with Crippen molar-refractivity contribution in [3.63, 3.8) is 0 Å². The number of rotatable bonds is 4. The van der Waals surface area contributed by atoms with Crippen LogP contribution in [0.5, 0.6) is 0 Å². The van der Waals surface area contributed by atoms with Gasteiger partial charge in [-0.25, -0.2) is 4.98 Å². The molecule has 0 saturated heterocycles. The SMILES string of the molecule is CC(C)(C)Nc1nc(Nc2cccc(Br)c2)cc(-c2ccccc2)n1. The minimum absolute atomic E-state index is 0.123. The molecule has 4 nitrogen and oxygen atoms in total. The summed E-state index contributed by atoms with van der Waals surface area (Å²) in [6, 6.07) is 20.1. The third kappa shape index (κ3) is 5.03. The van der Waals surface area contributed by atoms with Crippen molar-refractivity contribution in [2.24, 2.45) is 0 Å². The lowest BCUT2D eigenvalue weighted by Crippen LogP contribution is -2.27. The third-order valence-corrected chi connectivity index (χ3v) is 3.87. The molecular formula is C20H21BrN4. The van der Waals surface area contributed by atoms with Crippen molar-refractivity contribution in [1.29, 1.82) is 0 Å². The van der Waals surface area contributed by atoms with Crippen molar-refractivity contribution in [3.05, 3.63) is 65.1 Å². The Balaban J connectivity index is 2.00. The fraction of sp³-hybridized carbons (Fsp3) is 0.200. The van der Waals surface area contributed by atoms with Gasteiger partial charge in [-0.15, -0.1) is 0 Å². The molecule has 0 atom stereocenters. The van der Waals surface area contributed by atoms with E-state index >= 15 is 0 Å². The molecule has 0 radical (unpaired) electrons. The maximum absolute atomic E-state index is 4.68. The number of hydrogen-bond acceptors (Lipinski definition) is 4. The molecule has 1 aromatic heterocycles. The first-order chi connectivity index (χ1) is 11.9. The van der Waals surface area contributed by atoms with Crippen LogP contribution in [0.1, 0.15) is 20.8 Å². The minimum Gasteiger partial charge on any atom is -0.350 e. The van der Waals surface area contributed by atoms with Crippen LogP contribution in [0, 0.1) is 0 Å². The van der Waals surface area contributed by atoms with Gasteiger partial charge in [0.25, 0.3) is 0 Å². The fourth-order valence-electron chi connectivity index (χ4n) is 2.37. The van der Waals surface area contributed by atoms with Gasteiger partial charge in [0.2, 0.25) is 5.95 Å². The Labute approximate surface area is 156 Å². The lowest BCUT2D eigenvalue weighted by molar-refractivity contribution is 0.626. The van der Waals surface area contributed by atoms with E-state index in [9.17, 15) is 0 Å². The zero-order valence-corrected chi connectivity index (χ0v) is 16.1. The highest BCUT2D eigenvalue weighted by atomic mass is 79.9. The van der Waals surface area contributed by atoms with E-state index in [1.807, 2.05) is 60.7 Å². The quantitative estimate of drug-likeness (QED) is 0.579. The van der Waals surface area contributed by atoms with E-state index in [1.54, 1.807) is 0 Å². The third-order valence-electron chi connectivity index (χ3n) is 3.38. The second-order valence-corrected chi connectivity index (χ2v) is 7.75. The molecule has 0 aliphatic rings. The van der Waals surface area contributed by atoms with Crippen LogP contribution in [0.15, 0.2) is 65.1 Å². The largest absolute Gasteiger partial charge is 0.350 e. The average molecular weight is 397 g/mol. The summed E-state index contributed by atoms with van der Waals surface area (Å²) in [4.78, 5) is 9.30. The molecule has 2 aromatic carbocycles. The number of halogens is 1. The van der Waals surface area contributed by atoms with Gasteiger partial charge in [0, 0.05) is 27.3 Å². The van der Waals surface area contributed by atoms with Crippen LogP contribution < -0.4 is 10.6 Å². The van der Waals surface area contributed by atoms with Crippen molar-refractivity contribution in [2.75, 3.05) is 10.6 Å². The molecule has 0 fully saturated rings. The lowest BCUT2D eigenvalue weighted by atomic mass is 10.1. The lowest BCUT2D eigenvalue weighted by Gasteiger charge is -2.21. The summed E-state index contributed by atoms with van der Waals surface area (Å²) in [7, 11) is 0. The maximum Gasteiger partial charge on any atom is 0.225 e. The Morgan fingerprint density at radius 3 is 2.32 bits per heavy atom. The molecule has 2 N–H and O–H groups in total.